The Labute approximate surface area is 144 Å². The Hall–Kier alpha value is -3.02. The molecule has 6 nitrogen and oxygen atoms in total. The Bertz CT molecular complexity index is 892. The lowest BCUT2D eigenvalue weighted by Gasteiger charge is -2.05. The quantitative estimate of drug-likeness (QED) is 0.697. The summed E-state index contributed by atoms with van der Waals surface area (Å²) >= 11 is 0. The van der Waals surface area contributed by atoms with Gasteiger partial charge in [0, 0.05) is 10.9 Å². The van der Waals surface area contributed by atoms with Crippen molar-refractivity contribution in [2.45, 2.75) is 26.8 Å². The van der Waals surface area contributed by atoms with Crippen molar-refractivity contribution in [3.8, 4) is 0 Å². The third-order valence-electron chi connectivity index (χ3n) is 4.08. The van der Waals surface area contributed by atoms with E-state index in [9.17, 15) is 9.59 Å². The second kappa shape index (κ2) is 7.25. The first-order valence-electron chi connectivity index (χ1n) is 7.95. The summed E-state index contributed by atoms with van der Waals surface area (Å²) < 4.78 is 15.7. The minimum absolute atomic E-state index is 0.0565. The zero-order valence-corrected chi connectivity index (χ0v) is 14.1. The largest absolute Gasteiger partial charge is 0.467 e. The number of carbonyl (C=O) groups excluding carboxylic acids is 2. The molecule has 0 saturated carbocycles. The number of amides is 1. The predicted molar refractivity (Wildman–Crippen MR) is 90.9 cm³/mol. The van der Waals surface area contributed by atoms with Gasteiger partial charge in [0.05, 0.1) is 25.5 Å². The summed E-state index contributed by atoms with van der Waals surface area (Å²) in [6, 6.07) is 7.41. The number of esters is 1. The maximum atomic E-state index is 12.0. The van der Waals surface area contributed by atoms with Gasteiger partial charge in [-0.25, -0.2) is 0 Å². The number of carbonyl (C=O) groups is 2. The molecular weight excluding hydrogens is 322 g/mol. The van der Waals surface area contributed by atoms with Crippen molar-refractivity contribution in [3.63, 3.8) is 0 Å². The predicted octanol–water partition coefficient (Wildman–Crippen LogP) is 3.04. The molecule has 0 radical (unpaired) electrons. The molecule has 0 aliphatic heterocycles. The van der Waals surface area contributed by atoms with E-state index >= 15 is 0 Å². The van der Waals surface area contributed by atoms with Gasteiger partial charge in [0.25, 0.3) is 5.91 Å². The van der Waals surface area contributed by atoms with Gasteiger partial charge in [-0.05, 0) is 37.1 Å². The Kier molecular flexibility index (Phi) is 4.88. The Morgan fingerprint density at radius 3 is 2.76 bits per heavy atom. The second-order valence-corrected chi connectivity index (χ2v) is 5.84. The highest BCUT2D eigenvalue weighted by molar-refractivity contribution is 5.89. The summed E-state index contributed by atoms with van der Waals surface area (Å²) in [5.41, 5.74) is 3.71. The summed E-state index contributed by atoms with van der Waals surface area (Å²) in [5, 5.41) is 3.51. The lowest BCUT2D eigenvalue weighted by Crippen LogP contribution is -2.28. The van der Waals surface area contributed by atoms with Crippen molar-refractivity contribution >= 4 is 22.8 Å². The molecular formula is C19H19NO5. The Morgan fingerprint density at radius 1 is 1.16 bits per heavy atom. The van der Waals surface area contributed by atoms with E-state index < -0.39 is 5.97 Å². The van der Waals surface area contributed by atoms with E-state index in [1.807, 2.05) is 26.0 Å². The monoisotopic (exact) mass is 341 g/mol. The molecule has 0 bridgehead atoms. The van der Waals surface area contributed by atoms with E-state index in [-0.39, 0.29) is 25.5 Å². The molecule has 0 fully saturated rings. The molecule has 1 N–H and O–H groups in total. The molecule has 0 aliphatic rings. The molecule has 2 aromatic heterocycles. The normalized spacial score (nSPS) is 10.8. The van der Waals surface area contributed by atoms with E-state index in [1.54, 1.807) is 18.4 Å². The highest BCUT2D eigenvalue weighted by Crippen LogP contribution is 2.26. The molecule has 2 heterocycles. The summed E-state index contributed by atoms with van der Waals surface area (Å²) in [6.07, 6.45) is 3.15. The van der Waals surface area contributed by atoms with Gasteiger partial charge in [-0.2, -0.15) is 0 Å². The first-order chi connectivity index (χ1) is 12.0. The maximum Gasteiger partial charge on any atom is 0.310 e. The number of hydrogen-bond donors (Lipinski definition) is 1. The van der Waals surface area contributed by atoms with Gasteiger partial charge in [0.1, 0.15) is 11.3 Å². The average molecular weight is 341 g/mol. The van der Waals surface area contributed by atoms with E-state index in [4.69, 9.17) is 13.6 Å². The molecule has 0 spiro atoms. The van der Waals surface area contributed by atoms with Crippen LogP contribution in [-0.2, 0) is 27.3 Å². The third-order valence-corrected chi connectivity index (χ3v) is 4.08. The van der Waals surface area contributed by atoms with Gasteiger partial charge in [-0.3, -0.25) is 9.59 Å². The highest BCUT2D eigenvalue weighted by Gasteiger charge is 2.14. The van der Waals surface area contributed by atoms with Crippen molar-refractivity contribution in [3.05, 3.63) is 59.2 Å². The van der Waals surface area contributed by atoms with Gasteiger partial charge >= 0.3 is 5.97 Å². The van der Waals surface area contributed by atoms with Gasteiger partial charge < -0.3 is 18.9 Å². The molecule has 3 rings (SSSR count). The number of nitrogens with one attached hydrogen (secondary N) is 1. The molecule has 0 saturated heterocycles. The van der Waals surface area contributed by atoms with Crippen molar-refractivity contribution in [2.24, 2.45) is 0 Å². The van der Waals surface area contributed by atoms with Crippen LogP contribution in [-0.4, -0.2) is 18.5 Å². The summed E-state index contributed by atoms with van der Waals surface area (Å²) in [7, 11) is 0. The fourth-order valence-electron chi connectivity index (χ4n) is 2.53. The van der Waals surface area contributed by atoms with Crippen LogP contribution in [0.3, 0.4) is 0 Å². The molecule has 0 unspecified atom stereocenters. The fourth-order valence-corrected chi connectivity index (χ4v) is 2.53. The van der Waals surface area contributed by atoms with E-state index in [0.717, 1.165) is 27.7 Å². The third kappa shape index (κ3) is 3.91. The van der Waals surface area contributed by atoms with Crippen LogP contribution in [0.25, 0.3) is 11.0 Å². The topological polar surface area (TPSA) is 81.7 Å². The lowest BCUT2D eigenvalue weighted by molar-refractivity contribution is -0.147. The van der Waals surface area contributed by atoms with Crippen LogP contribution < -0.4 is 5.32 Å². The van der Waals surface area contributed by atoms with Crippen molar-refractivity contribution < 1.29 is 23.2 Å². The summed E-state index contributed by atoms with van der Waals surface area (Å²) in [4.78, 5) is 23.7. The number of fused-ring (bicyclic) bond motifs is 1. The van der Waals surface area contributed by atoms with Crippen molar-refractivity contribution in [1.82, 2.24) is 5.32 Å². The van der Waals surface area contributed by atoms with Gasteiger partial charge in [0.15, 0.2) is 6.61 Å². The molecule has 25 heavy (non-hydrogen) atoms. The van der Waals surface area contributed by atoms with Crippen LogP contribution in [0.2, 0.25) is 0 Å². The molecule has 0 atom stereocenters. The van der Waals surface area contributed by atoms with E-state index in [1.165, 1.54) is 6.26 Å². The Balaban J connectivity index is 1.52. The molecule has 130 valence electrons. The van der Waals surface area contributed by atoms with Gasteiger partial charge in [-0.15, -0.1) is 0 Å². The van der Waals surface area contributed by atoms with Gasteiger partial charge in [0.2, 0.25) is 0 Å². The Morgan fingerprint density at radius 2 is 2.00 bits per heavy atom. The SMILES string of the molecule is Cc1ccc2c(CC(=O)OCC(=O)NCc3ccco3)coc2c1C. The van der Waals surface area contributed by atoms with Gasteiger partial charge in [-0.1, -0.05) is 12.1 Å². The number of furan rings is 2. The smallest absolute Gasteiger partial charge is 0.310 e. The number of rotatable bonds is 6. The maximum absolute atomic E-state index is 12.0. The zero-order valence-electron chi connectivity index (χ0n) is 14.1. The minimum atomic E-state index is -0.478. The van der Waals surface area contributed by atoms with Crippen LogP contribution in [0.15, 0.2) is 45.6 Å². The van der Waals surface area contributed by atoms with Crippen LogP contribution in [0.5, 0.6) is 0 Å². The molecule has 1 amide bonds. The summed E-state index contributed by atoms with van der Waals surface area (Å²) in [6.45, 7) is 3.92. The molecule has 3 aromatic rings. The number of ether oxygens (including phenoxy) is 1. The second-order valence-electron chi connectivity index (χ2n) is 5.84. The zero-order chi connectivity index (χ0) is 17.8. The highest BCUT2D eigenvalue weighted by atomic mass is 16.5. The molecule has 1 aromatic carbocycles. The van der Waals surface area contributed by atoms with Crippen LogP contribution in [0, 0.1) is 13.8 Å². The number of hydrogen-bond acceptors (Lipinski definition) is 5. The minimum Gasteiger partial charge on any atom is -0.467 e. The van der Waals surface area contributed by atoms with Crippen LogP contribution >= 0.6 is 0 Å². The molecule has 6 heteroatoms. The van der Waals surface area contributed by atoms with Crippen molar-refractivity contribution in [1.29, 1.82) is 0 Å². The number of benzene rings is 1. The lowest BCUT2D eigenvalue weighted by atomic mass is 10.0. The van der Waals surface area contributed by atoms with E-state index in [2.05, 4.69) is 5.32 Å². The first-order valence-corrected chi connectivity index (χ1v) is 7.95. The van der Waals surface area contributed by atoms with Crippen LogP contribution in [0.4, 0.5) is 0 Å². The average Bonchev–Trinajstić information content (AvgIpc) is 3.25. The number of aryl methyl sites for hydroxylation is 2. The summed E-state index contributed by atoms with van der Waals surface area (Å²) in [5.74, 6) is -0.224. The standard InChI is InChI=1S/C19H19NO5/c1-12-5-6-16-14(10-25-19(16)13(12)2)8-18(22)24-11-17(21)20-9-15-4-3-7-23-15/h3-7,10H,8-9,11H2,1-2H3,(H,20,21). The van der Waals surface area contributed by atoms with E-state index in [0.29, 0.717) is 5.76 Å². The first kappa shape index (κ1) is 16.8. The van der Waals surface area contributed by atoms with Crippen molar-refractivity contribution in [2.75, 3.05) is 6.61 Å². The molecule has 0 aliphatic carbocycles. The van der Waals surface area contributed by atoms with Crippen LogP contribution in [0.1, 0.15) is 22.5 Å². The fraction of sp³-hybridized carbons (Fsp3) is 0.263.